The minimum atomic E-state index is -3.27. The van der Waals surface area contributed by atoms with Gasteiger partial charge >= 0.3 is 0 Å². The monoisotopic (exact) mass is 590 g/mol. The molecule has 4 heterocycles. The summed E-state index contributed by atoms with van der Waals surface area (Å²) in [7, 11) is -12.9. The minimum absolute atomic E-state index is 0.0171. The molecule has 0 bridgehead atoms. The van der Waals surface area contributed by atoms with Gasteiger partial charge in [-0.25, -0.2) is 43.7 Å². The maximum absolute atomic E-state index is 13.2. The van der Waals surface area contributed by atoms with E-state index in [1.165, 1.54) is 10.0 Å². The number of hydrogen-bond acceptors (Lipinski definition) is 13. The van der Waals surface area contributed by atoms with Crippen molar-refractivity contribution in [1.82, 2.24) is 20.9 Å². The Labute approximate surface area is 213 Å². The molecule has 4 atom stereocenters. The van der Waals surface area contributed by atoms with E-state index in [1.807, 2.05) is 0 Å². The summed E-state index contributed by atoms with van der Waals surface area (Å²) in [5.41, 5.74) is 6.15. The predicted molar refractivity (Wildman–Crippen MR) is 133 cm³/mol. The van der Waals surface area contributed by atoms with Crippen molar-refractivity contribution in [3.63, 3.8) is 0 Å². The van der Waals surface area contributed by atoms with E-state index in [-0.39, 0.29) is 64.9 Å². The molecule has 0 aliphatic carbocycles. The summed E-state index contributed by atoms with van der Waals surface area (Å²) in [4.78, 5) is 13.2. The molecule has 0 saturated carbocycles. The predicted octanol–water partition coefficient (Wildman–Crippen LogP) is -3.08. The van der Waals surface area contributed by atoms with Crippen molar-refractivity contribution in [2.24, 2.45) is 0 Å². The highest BCUT2D eigenvalue weighted by Crippen LogP contribution is 2.21. The zero-order chi connectivity index (χ0) is 26.4. The Balaban J connectivity index is 1.45. The quantitative estimate of drug-likeness (QED) is 0.244. The largest absolute Gasteiger partial charge is 0.297 e. The molecule has 208 valence electrons. The average molecular weight is 591 g/mol. The number of carbonyl (C=O) groups excluding carboxylic acids is 1. The highest BCUT2D eigenvalue weighted by molar-refractivity contribution is 7.92. The van der Waals surface area contributed by atoms with Gasteiger partial charge in [0.05, 0.1) is 59.1 Å². The number of sulfone groups is 4. The van der Waals surface area contributed by atoms with Gasteiger partial charge in [0.1, 0.15) is 0 Å². The van der Waals surface area contributed by atoms with Crippen LogP contribution in [0.25, 0.3) is 0 Å². The molecule has 0 radical (unpaired) electrons. The maximum atomic E-state index is 13.2. The number of hydrogen-bond donors (Lipinski definition) is 2. The Morgan fingerprint density at radius 1 is 0.556 bits per heavy atom. The number of nitrogens with zero attached hydrogens (tertiary/aromatic N) is 2. The summed E-state index contributed by atoms with van der Waals surface area (Å²) >= 11 is 0. The van der Waals surface area contributed by atoms with Crippen LogP contribution < -0.4 is 10.9 Å². The Kier molecular flexibility index (Phi) is 8.23. The molecule has 13 nitrogen and oxygen atoms in total. The molecule has 4 rings (SSSR count). The van der Waals surface area contributed by atoms with Crippen molar-refractivity contribution in [3.8, 4) is 0 Å². The van der Waals surface area contributed by atoms with Crippen LogP contribution >= 0.6 is 0 Å². The topological polar surface area (TPSA) is 184 Å². The molecule has 0 spiro atoms. The van der Waals surface area contributed by atoms with Crippen LogP contribution in [0.2, 0.25) is 0 Å². The fourth-order valence-electron chi connectivity index (χ4n) is 5.30. The van der Waals surface area contributed by atoms with Gasteiger partial charge in [0.25, 0.3) is 0 Å². The second-order valence-corrected chi connectivity index (χ2v) is 19.3. The number of Topliss-reactive ketones (excluding diaryl/α,β-unsaturated/α-hetero) is 1. The van der Waals surface area contributed by atoms with Gasteiger partial charge in [-0.15, -0.1) is 0 Å². The molecular weight excluding hydrogens is 556 g/mol. The van der Waals surface area contributed by atoms with E-state index in [9.17, 15) is 38.5 Å². The van der Waals surface area contributed by atoms with E-state index in [0.717, 1.165) is 0 Å². The second-order valence-electron chi connectivity index (χ2n) is 10.4. The minimum Gasteiger partial charge on any atom is -0.297 e. The summed E-state index contributed by atoms with van der Waals surface area (Å²) in [5.74, 6) is -0.799. The van der Waals surface area contributed by atoms with E-state index in [1.54, 1.807) is 0 Å². The Morgan fingerprint density at radius 3 is 1.17 bits per heavy atom. The van der Waals surface area contributed by atoms with Crippen LogP contribution in [-0.4, -0.2) is 133 Å². The van der Waals surface area contributed by atoms with Crippen LogP contribution in [0.3, 0.4) is 0 Å². The van der Waals surface area contributed by atoms with Gasteiger partial charge in [-0.05, 0) is 25.7 Å². The molecule has 4 fully saturated rings. The third-order valence-corrected chi connectivity index (χ3v) is 14.2. The van der Waals surface area contributed by atoms with Crippen LogP contribution in [0.15, 0.2) is 0 Å². The highest BCUT2D eigenvalue weighted by atomic mass is 32.2. The van der Waals surface area contributed by atoms with Gasteiger partial charge in [0.15, 0.2) is 45.1 Å². The third kappa shape index (κ3) is 7.68. The van der Waals surface area contributed by atoms with Crippen LogP contribution in [0, 0.1) is 0 Å². The van der Waals surface area contributed by atoms with Crippen molar-refractivity contribution in [2.75, 3.05) is 59.1 Å². The lowest BCUT2D eigenvalue weighted by Crippen LogP contribution is -2.57. The van der Waals surface area contributed by atoms with Gasteiger partial charge < -0.3 is 0 Å². The Hall–Kier alpha value is -0.690. The molecule has 0 unspecified atom stereocenters. The fourth-order valence-corrected chi connectivity index (χ4v) is 12.1. The molecule has 4 saturated heterocycles. The van der Waals surface area contributed by atoms with Gasteiger partial charge in [-0.2, -0.15) is 0 Å². The van der Waals surface area contributed by atoms with Gasteiger partial charge in [0, 0.05) is 24.2 Å². The third-order valence-electron chi connectivity index (χ3n) is 7.15. The van der Waals surface area contributed by atoms with Crippen LogP contribution in [0.4, 0.5) is 0 Å². The number of hydrazine groups is 2. The molecule has 17 heteroatoms. The lowest BCUT2D eigenvalue weighted by atomic mass is 10.2. The van der Waals surface area contributed by atoms with Crippen molar-refractivity contribution in [1.29, 1.82) is 0 Å². The second kappa shape index (κ2) is 10.5. The first kappa shape index (κ1) is 28.3. The van der Waals surface area contributed by atoms with E-state index < -0.39 is 63.5 Å². The normalized spacial score (nSPS) is 34.5. The standard InChI is InChI=1S/C19H34N4O9S4/c24-19(9-22(17-3-7-35(29,30)13-17)20-15-1-5-33(25,26)11-15)10-23(18-4-8-36(31,32)14-18)21-16-2-6-34(27,28)12-16/h15-18,20-21H,1-14H2/t15-,16-,17-,18-/m1/s1. The van der Waals surface area contributed by atoms with Crippen molar-refractivity contribution >= 4 is 45.1 Å². The first-order valence-electron chi connectivity index (χ1n) is 12.0. The first-order chi connectivity index (χ1) is 16.6. The molecule has 0 amide bonds. The molecule has 0 aromatic rings. The highest BCUT2D eigenvalue weighted by Gasteiger charge is 2.39. The summed E-state index contributed by atoms with van der Waals surface area (Å²) in [6, 6.07) is -1.83. The summed E-state index contributed by atoms with van der Waals surface area (Å²) in [5, 5.41) is 3.06. The number of rotatable bonds is 10. The maximum Gasteiger partial charge on any atom is 0.163 e. The molecular formula is C19H34N4O9S4. The molecule has 0 aromatic heterocycles. The number of carbonyl (C=O) groups is 1. The van der Waals surface area contributed by atoms with Crippen molar-refractivity contribution < 1.29 is 38.5 Å². The molecule has 0 aromatic carbocycles. The van der Waals surface area contributed by atoms with Crippen molar-refractivity contribution in [2.45, 2.75) is 49.9 Å². The van der Waals surface area contributed by atoms with E-state index >= 15 is 0 Å². The van der Waals surface area contributed by atoms with Crippen LogP contribution in [-0.2, 0) is 44.1 Å². The van der Waals surface area contributed by atoms with E-state index in [2.05, 4.69) is 10.9 Å². The summed E-state index contributed by atoms with van der Waals surface area (Å²) < 4.78 is 95.9. The molecule has 2 N–H and O–H groups in total. The smallest absolute Gasteiger partial charge is 0.163 e. The zero-order valence-electron chi connectivity index (χ0n) is 19.9. The van der Waals surface area contributed by atoms with E-state index in [0.29, 0.717) is 25.7 Å². The number of ketones is 1. The van der Waals surface area contributed by atoms with Crippen LogP contribution in [0.5, 0.6) is 0 Å². The SMILES string of the molecule is O=C(CN(N[C@@H]1CCS(=O)(=O)C1)[C@@H]1CCS(=O)(=O)C1)CN(N[C@@H]1CCS(=O)(=O)C1)[C@@H]1CCS(=O)(=O)C1. The molecule has 4 aliphatic rings. The summed E-state index contributed by atoms with van der Waals surface area (Å²) in [6.45, 7) is -0.394. The van der Waals surface area contributed by atoms with Crippen molar-refractivity contribution in [3.05, 3.63) is 0 Å². The number of nitrogens with one attached hydrogen (secondary N) is 2. The molecule has 4 aliphatic heterocycles. The average Bonchev–Trinajstić information content (AvgIpc) is 3.47. The first-order valence-corrected chi connectivity index (χ1v) is 19.3. The Morgan fingerprint density at radius 2 is 0.889 bits per heavy atom. The van der Waals surface area contributed by atoms with Gasteiger partial charge in [-0.3, -0.25) is 15.6 Å². The van der Waals surface area contributed by atoms with E-state index in [4.69, 9.17) is 0 Å². The van der Waals surface area contributed by atoms with Crippen LogP contribution in [0.1, 0.15) is 25.7 Å². The lowest BCUT2D eigenvalue weighted by Gasteiger charge is -2.33. The van der Waals surface area contributed by atoms with Gasteiger partial charge in [-0.1, -0.05) is 0 Å². The van der Waals surface area contributed by atoms with Gasteiger partial charge in [0.2, 0.25) is 0 Å². The summed E-state index contributed by atoms with van der Waals surface area (Å²) in [6.07, 6.45) is 1.34. The molecule has 36 heavy (non-hydrogen) atoms. The lowest BCUT2D eigenvalue weighted by molar-refractivity contribution is -0.124. The zero-order valence-corrected chi connectivity index (χ0v) is 23.2. The fraction of sp³-hybridized carbons (Fsp3) is 0.947. The Bertz CT molecular complexity index is 1180.